The van der Waals surface area contributed by atoms with Gasteiger partial charge < -0.3 is 10.1 Å². The Morgan fingerprint density at radius 1 is 1.19 bits per heavy atom. The van der Waals surface area contributed by atoms with Crippen molar-refractivity contribution in [1.82, 2.24) is 5.32 Å². The fourth-order valence-corrected chi connectivity index (χ4v) is 3.11. The number of ether oxygens (including phenoxy) is 1. The molecule has 1 fully saturated rings. The third-order valence-corrected chi connectivity index (χ3v) is 4.05. The number of halogens is 3. The highest BCUT2D eigenvalue weighted by Crippen LogP contribution is 2.30. The summed E-state index contributed by atoms with van der Waals surface area (Å²) in [5.41, 5.74) is 1.04. The summed E-state index contributed by atoms with van der Waals surface area (Å²) in [6, 6.07) is 6.63. The lowest BCUT2D eigenvalue weighted by atomic mass is 9.92. The Morgan fingerprint density at radius 3 is 2.33 bits per heavy atom. The van der Waals surface area contributed by atoms with Gasteiger partial charge in [0.1, 0.15) is 5.75 Å². The highest BCUT2D eigenvalue weighted by Gasteiger charge is 2.31. The van der Waals surface area contributed by atoms with Gasteiger partial charge in [0.15, 0.2) is 0 Å². The minimum atomic E-state index is -4.63. The molecule has 1 atom stereocenters. The van der Waals surface area contributed by atoms with Gasteiger partial charge in [-0.2, -0.15) is 0 Å². The molecule has 1 saturated carbocycles. The summed E-state index contributed by atoms with van der Waals surface area (Å²) in [4.78, 5) is 0. The maximum atomic E-state index is 12.1. The number of rotatable bonds is 6. The normalized spacial score (nSPS) is 17.9. The molecule has 1 N–H and O–H groups in total. The van der Waals surface area contributed by atoms with Crippen molar-refractivity contribution >= 4 is 0 Å². The zero-order chi connectivity index (χ0) is 15.3. The Bertz CT molecular complexity index is 424. The molecule has 0 aliphatic heterocycles. The van der Waals surface area contributed by atoms with Crippen molar-refractivity contribution < 1.29 is 17.9 Å². The second-order valence-corrected chi connectivity index (χ2v) is 5.60. The van der Waals surface area contributed by atoms with Crippen LogP contribution in [-0.2, 0) is 6.42 Å². The van der Waals surface area contributed by atoms with E-state index in [1.807, 2.05) is 0 Å². The van der Waals surface area contributed by atoms with Gasteiger partial charge in [0.2, 0.25) is 0 Å². The van der Waals surface area contributed by atoms with Crippen LogP contribution in [0.1, 0.15) is 38.2 Å². The zero-order valence-corrected chi connectivity index (χ0v) is 12.2. The van der Waals surface area contributed by atoms with Crippen molar-refractivity contribution in [1.29, 1.82) is 0 Å². The number of hydrogen-bond acceptors (Lipinski definition) is 2. The Morgan fingerprint density at radius 2 is 1.81 bits per heavy atom. The van der Waals surface area contributed by atoms with Crippen molar-refractivity contribution in [2.45, 2.75) is 51.4 Å². The molecule has 0 aromatic heterocycles. The summed E-state index contributed by atoms with van der Waals surface area (Å²) in [6.45, 7) is 3.00. The highest BCUT2D eigenvalue weighted by molar-refractivity contribution is 5.28. The van der Waals surface area contributed by atoms with E-state index in [-0.39, 0.29) is 5.75 Å². The van der Waals surface area contributed by atoms with Crippen LogP contribution in [0.4, 0.5) is 13.2 Å². The Labute approximate surface area is 123 Å². The van der Waals surface area contributed by atoms with Gasteiger partial charge in [-0.3, -0.25) is 0 Å². The van der Waals surface area contributed by atoms with Gasteiger partial charge in [0, 0.05) is 6.04 Å². The minimum Gasteiger partial charge on any atom is -0.406 e. The van der Waals surface area contributed by atoms with Gasteiger partial charge in [0.05, 0.1) is 0 Å². The van der Waals surface area contributed by atoms with E-state index in [0.29, 0.717) is 12.0 Å². The molecule has 118 valence electrons. The van der Waals surface area contributed by atoms with E-state index in [1.165, 1.54) is 37.8 Å². The number of hydrogen-bond donors (Lipinski definition) is 1. The van der Waals surface area contributed by atoms with Crippen LogP contribution in [0.5, 0.6) is 5.75 Å². The van der Waals surface area contributed by atoms with E-state index < -0.39 is 6.36 Å². The van der Waals surface area contributed by atoms with Crippen molar-refractivity contribution in [3.05, 3.63) is 29.8 Å². The van der Waals surface area contributed by atoms with Gasteiger partial charge in [-0.25, -0.2) is 0 Å². The van der Waals surface area contributed by atoms with Crippen LogP contribution < -0.4 is 10.1 Å². The molecule has 0 amide bonds. The summed E-state index contributed by atoms with van der Waals surface area (Å²) >= 11 is 0. The fourth-order valence-electron chi connectivity index (χ4n) is 3.11. The second-order valence-electron chi connectivity index (χ2n) is 5.60. The van der Waals surface area contributed by atoms with E-state index in [4.69, 9.17) is 0 Å². The van der Waals surface area contributed by atoms with Crippen LogP contribution in [0.25, 0.3) is 0 Å². The van der Waals surface area contributed by atoms with Crippen molar-refractivity contribution in [2.75, 3.05) is 6.54 Å². The molecule has 1 aliphatic carbocycles. The van der Waals surface area contributed by atoms with E-state index >= 15 is 0 Å². The third-order valence-electron chi connectivity index (χ3n) is 4.05. The number of alkyl halides is 3. The maximum absolute atomic E-state index is 12.1. The lowest BCUT2D eigenvalue weighted by Gasteiger charge is -2.24. The Kier molecular flexibility index (Phi) is 5.51. The summed E-state index contributed by atoms with van der Waals surface area (Å²) in [5, 5.41) is 3.51. The van der Waals surface area contributed by atoms with E-state index in [9.17, 15) is 13.2 Å². The van der Waals surface area contributed by atoms with Crippen LogP contribution in [0.15, 0.2) is 24.3 Å². The number of benzene rings is 1. The van der Waals surface area contributed by atoms with Gasteiger partial charge in [-0.1, -0.05) is 31.9 Å². The zero-order valence-electron chi connectivity index (χ0n) is 12.2. The summed E-state index contributed by atoms with van der Waals surface area (Å²) in [5.74, 6) is 0.517. The third kappa shape index (κ3) is 5.23. The summed E-state index contributed by atoms with van der Waals surface area (Å²) in [7, 11) is 0. The van der Waals surface area contributed by atoms with Crippen molar-refractivity contribution in [3.63, 3.8) is 0 Å². The molecule has 1 aromatic carbocycles. The smallest absolute Gasteiger partial charge is 0.406 e. The molecule has 2 nitrogen and oxygen atoms in total. The first kappa shape index (κ1) is 16.1. The molecule has 21 heavy (non-hydrogen) atoms. The monoisotopic (exact) mass is 301 g/mol. The predicted octanol–water partition coefficient (Wildman–Crippen LogP) is 4.30. The molecule has 0 radical (unpaired) electrons. The Hall–Kier alpha value is -1.23. The molecule has 0 heterocycles. The summed E-state index contributed by atoms with van der Waals surface area (Å²) in [6.07, 6.45) is 1.28. The van der Waals surface area contributed by atoms with Gasteiger partial charge in [0.25, 0.3) is 0 Å². The molecule has 1 unspecified atom stereocenters. The fraction of sp³-hybridized carbons (Fsp3) is 0.625. The SMILES string of the molecule is CCNC(Cc1ccc(OC(F)(F)F)cc1)C1CCCC1. The van der Waals surface area contributed by atoms with E-state index in [0.717, 1.165) is 18.5 Å². The van der Waals surface area contributed by atoms with Gasteiger partial charge in [-0.15, -0.1) is 13.2 Å². The molecular weight excluding hydrogens is 279 g/mol. The first-order valence-electron chi connectivity index (χ1n) is 7.56. The molecular formula is C16H22F3NO. The average Bonchev–Trinajstić information content (AvgIpc) is 2.92. The first-order valence-corrected chi connectivity index (χ1v) is 7.56. The predicted molar refractivity (Wildman–Crippen MR) is 76.3 cm³/mol. The summed E-state index contributed by atoms with van der Waals surface area (Å²) < 4.78 is 40.3. The maximum Gasteiger partial charge on any atom is 0.573 e. The largest absolute Gasteiger partial charge is 0.573 e. The highest BCUT2D eigenvalue weighted by atomic mass is 19.4. The second kappa shape index (κ2) is 7.16. The van der Waals surface area contributed by atoms with E-state index in [2.05, 4.69) is 17.0 Å². The first-order chi connectivity index (χ1) is 9.98. The quantitative estimate of drug-likeness (QED) is 0.846. The van der Waals surface area contributed by atoms with Crippen LogP contribution >= 0.6 is 0 Å². The molecule has 1 aliphatic rings. The molecule has 1 aromatic rings. The van der Waals surface area contributed by atoms with Crippen molar-refractivity contribution in [2.24, 2.45) is 5.92 Å². The average molecular weight is 301 g/mol. The van der Waals surface area contributed by atoms with Crippen LogP contribution in [0.2, 0.25) is 0 Å². The van der Waals surface area contributed by atoms with Gasteiger partial charge >= 0.3 is 6.36 Å². The van der Waals surface area contributed by atoms with Crippen molar-refractivity contribution in [3.8, 4) is 5.75 Å². The standard InChI is InChI=1S/C16H22F3NO/c1-2-20-15(13-5-3-4-6-13)11-12-7-9-14(10-8-12)21-16(17,18)19/h7-10,13,15,20H,2-6,11H2,1H3. The Balaban J connectivity index is 1.96. The molecule has 5 heteroatoms. The number of likely N-dealkylation sites (N-methyl/N-ethyl adjacent to an activating group) is 1. The minimum absolute atomic E-state index is 0.160. The lowest BCUT2D eigenvalue weighted by Crippen LogP contribution is -2.36. The molecule has 0 bridgehead atoms. The van der Waals surface area contributed by atoms with Crippen LogP contribution in [0.3, 0.4) is 0 Å². The molecule has 2 rings (SSSR count). The van der Waals surface area contributed by atoms with E-state index in [1.54, 1.807) is 12.1 Å². The molecule has 0 saturated heterocycles. The van der Waals surface area contributed by atoms with Crippen LogP contribution in [-0.4, -0.2) is 18.9 Å². The van der Waals surface area contributed by atoms with Crippen LogP contribution in [0, 0.1) is 5.92 Å². The molecule has 0 spiro atoms. The van der Waals surface area contributed by atoms with Gasteiger partial charge in [-0.05, 0) is 49.4 Å². The topological polar surface area (TPSA) is 21.3 Å². The number of nitrogens with one attached hydrogen (secondary N) is 1. The lowest BCUT2D eigenvalue weighted by molar-refractivity contribution is -0.274.